The zero-order chi connectivity index (χ0) is 37.7. The summed E-state index contributed by atoms with van der Waals surface area (Å²) in [6.07, 6.45) is 1.80. The molecule has 274 valence electrons. The molecule has 7 N–H and O–H groups in total. The van der Waals surface area contributed by atoms with Gasteiger partial charge in [0.25, 0.3) is 17.7 Å². The molecular formula is C31H38N8O12. The first kappa shape index (κ1) is 39.4. The number of hydrazine groups is 1. The van der Waals surface area contributed by atoms with Gasteiger partial charge in [0.1, 0.15) is 0 Å². The molecule has 0 unspecified atom stereocenters. The first-order chi connectivity index (χ1) is 24.1. The van der Waals surface area contributed by atoms with Crippen LogP contribution in [0.2, 0.25) is 0 Å². The molecule has 0 atom stereocenters. The van der Waals surface area contributed by atoms with E-state index >= 15 is 0 Å². The summed E-state index contributed by atoms with van der Waals surface area (Å²) in [7, 11) is 0. The number of amides is 5. The molecule has 0 spiro atoms. The number of pyridine rings is 1. The minimum absolute atomic E-state index is 0.0515. The number of aryl methyl sites for hydroxylation is 1. The molecule has 0 saturated heterocycles. The molecule has 0 saturated carbocycles. The highest BCUT2D eigenvalue weighted by atomic mass is 16.4. The molecule has 51 heavy (non-hydrogen) atoms. The lowest BCUT2D eigenvalue weighted by atomic mass is 10.1. The standard InChI is InChI=1S/C31H38N8O12/c1-19-12-24(41)33-22-13-20(2-3-21(19)22)32-25(42)14-37(17-30(48)49)10-8-36(16-29(46)47)9-11-38(18-31(50)51)15-26(43)35-34-23(40)6-7-39-27(44)4-5-28(39)45/h2-5,12-13H,6-11,14-18H2,1H3,(H,32,42)(H,33,41)(H,34,40)(H,35,43)(H,46,47)(H,48,49)(H,50,51). The number of carboxylic acids is 3. The fraction of sp³-hybridized carbons (Fsp3) is 0.387. The quantitative estimate of drug-likeness (QED) is 0.0547. The number of fused-ring (bicyclic) bond motifs is 1. The van der Waals surface area contributed by atoms with E-state index in [0.717, 1.165) is 28.0 Å². The highest BCUT2D eigenvalue weighted by molar-refractivity contribution is 6.13. The van der Waals surface area contributed by atoms with Crippen molar-refractivity contribution in [3.05, 3.63) is 52.3 Å². The predicted molar refractivity (Wildman–Crippen MR) is 177 cm³/mol. The van der Waals surface area contributed by atoms with E-state index in [1.165, 1.54) is 20.8 Å². The van der Waals surface area contributed by atoms with Gasteiger partial charge in [0.2, 0.25) is 17.4 Å². The largest absolute Gasteiger partial charge is 0.480 e. The summed E-state index contributed by atoms with van der Waals surface area (Å²) in [6, 6.07) is 6.34. The number of benzene rings is 1. The van der Waals surface area contributed by atoms with Gasteiger partial charge in [-0.15, -0.1) is 0 Å². The smallest absolute Gasteiger partial charge is 0.317 e. The Balaban J connectivity index is 1.54. The van der Waals surface area contributed by atoms with Gasteiger partial charge in [-0.05, 0) is 24.6 Å². The van der Waals surface area contributed by atoms with Crippen molar-refractivity contribution in [2.45, 2.75) is 13.3 Å². The van der Waals surface area contributed by atoms with Crippen LogP contribution < -0.4 is 21.7 Å². The second kappa shape index (κ2) is 18.7. The molecule has 2 heterocycles. The van der Waals surface area contributed by atoms with Crippen molar-refractivity contribution in [1.29, 1.82) is 0 Å². The van der Waals surface area contributed by atoms with E-state index in [4.69, 9.17) is 0 Å². The summed E-state index contributed by atoms with van der Waals surface area (Å²) in [5, 5.41) is 31.6. The van der Waals surface area contributed by atoms with Crippen LogP contribution in [0.25, 0.3) is 10.9 Å². The van der Waals surface area contributed by atoms with Crippen molar-refractivity contribution in [3.63, 3.8) is 0 Å². The highest BCUT2D eigenvalue weighted by Crippen LogP contribution is 2.19. The molecule has 0 radical (unpaired) electrons. The molecule has 0 bridgehead atoms. The van der Waals surface area contributed by atoms with Gasteiger partial charge in [0.05, 0.1) is 38.2 Å². The molecule has 0 aliphatic carbocycles. The fourth-order valence-electron chi connectivity index (χ4n) is 5.06. The van der Waals surface area contributed by atoms with Crippen molar-refractivity contribution in [2.75, 3.05) is 70.8 Å². The first-order valence-corrected chi connectivity index (χ1v) is 15.5. The SMILES string of the molecule is Cc1cc(=O)[nH]c2cc(NC(=O)CN(CCN(CCN(CC(=O)O)CC(=O)NNC(=O)CCN3C(=O)C=CC3=O)CC(=O)O)CC(=O)O)ccc12. The maximum absolute atomic E-state index is 12.9. The molecule has 2 aromatic rings. The molecule has 20 heteroatoms. The van der Waals surface area contributed by atoms with E-state index in [9.17, 15) is 58.5 Å². The number of carbonyl (C=O) groups is 8. The first-order valence-electron chi connectivity index (χ1n) is 15.5. The van der Waals surface area contributed by atoms with E-state index < -0.39 is 73.6 Å². The topological polar surface area (TPSA) is 279 Å². The lowest BCUT2D eigenvalue weighted by Gasteiger charge is -2.28. The number of aromatic amines is 1. The normalized spacial score (nSPS) is 12.6. The third-order valence-electron chi connectivity index (χ3n) is 7.41. The Bertz CT molecular complexity index is 1760. The lowest BCUT2D eigenvalue weighted by Crippen LogP contribution is -2.49. The number of hydrogen-bond acceptors (Lipinski definition) is 12. The second-order valence-corrected chi connectivity index (χ2v) is 11.5. The van der Waals surface area contributed by atoms with Gasteiger partial charge in [-0.1, -0.05) is 6.07 Å². The summed E-state index contributed by atoms with van der Waals surface area (Å²) in [5.74, 6) is -7.04. The number of carboxylic acid groups (broad SMARTS) is 3. The van der Waals surface area contributed by atoms with E-state index in [-0.39, 0.29) is 51.2 Å². The molecule has 1 aliphatic rings. The molecule has 0 fully saturated rings. The Morgan fingerprint density at radius 3 is 1.76 bits per heavy atom. The van der Waals surface area contributed by atoms with Crippen LogP contribution in [0.3, 0.4) is 0 Å². The number of aromatic nitrogens is 1. The van der Waals surface area contributed by atoms with Gasteiger partial charge < -0.3 is 25.6 Å². The molecule has 1 aliphatic heterocycles. The predicted octanol–water partition coefficient (Wildman–Crippen LogP) is -2.60. The van der Waals surface area contributed by atoms with Crippen LogP contribution in [0.1, 0.15) is 12.0 Å². The second-order valence-electron chi connectivity index (χ2n) is 11.5. The lowest BCUT2D eigenvalue weighted by molar-refractivity contribution is -0.141. The summed E-state index contributed by atoms with van der Waals surface area (Å²) >= 11 is 0. The Labute approximate surface area is 289 Å². The number of rotatable bonds is 20. The summed E-state index contributed by atoms with van der Waals surface area (Å²) in [6.45, 7) is -1.40. The summed E-state index contributed by atoms with van der Waals surface area (Å²) < 4.78 is 0. The Kier molecular flexibility index (Phi) is 14.5. The van der Waals surface area contributed by atoms with Crippen LogP contribution in [0, 0.1) is 6.92 Å². The molecule has 1 aromatic heterocycles. The average molecular weight is 715 g/mol. The molecule has 1 aromatic carbocycles. The van der Waals surface area contributed by atoms with Crippen LogP contribution in [0.4, 0.5) is 5.69 Å². The van der Waals surface area contributed by atoms with E-state index in [2.05, 4.69) is 21.2 Å². The molecular weight excluding hydrogens is 676 g/mol. The van der Waals surface area contributed by atoms with Crippen LogP contribution in [-0.2, 0) is 38.4 Å². The monoisotopic (exact) mass is 714 g/mol. The molecule has 5 amide bonds. The number of aliphatic carboxylic acids is 3. The van der Waals surface area contributed by atoms with Crippen LogP contribution in [-0.4, -0.2) is 153 Å². The van der Waals surface area contributed by atoms with Gasteiger partial charge in [-0.2, -0.15) is 0 Å². The zero-order valence-corrected chi connectivity index (χ0v) is 27.5. The van der Waals surface area contributed by atoms with Gasteiger partial charge in [0.15, 0.2) is 0 Å². The van der Waals surface area contributed by atoms with Crippen LogP contribution in [0.5, 0.6) is 0 Å². The molecule has 3 rings (SSSR count). The summed E-state index contributed by atoms with van der Waals surface area (Å²) in [4.78, 5) is 114. The van der Waals surface area contributed by atoms with Crippen molar-refractivity contribution in [1.82, 2.24) is 35.4 Å². The maximum atomic E-state index is 12.9. The third kappa shape index (κ3) is 13.4. The Morgan fingerprint density at radius 1 is 0.686 bits per heavy atom. The number of hydrogen-bond donors (Lipinski definition) is 7. The number of nitrogens with one attached hydrogen (secondary N) is 4. The van der Waals surface area contributed by atoms with Crippen molar-refractivity contribution in [3.8, 4) is 0 Å². The van der Waals surface area contributed by atoms with E-state index in [1.54, 1.807) is 25.1 Å². The number of H-pyrrole nitrogens is 1. The van der Waals surface area contributed by atoms with Gasteiger partial charge in [-0.3, -0.25) is 73.6 Å². The number of carbonyl (C=O) groups excluding carboxylic acids is 5. The number of anilines is 1. The van der Waals surface area contributed by atoms with Crippen molar-refractivity contribution >= 4 is 64.0 Å². The van der Waals surface area contributed by atoms with Gasteiger partial charge in [0, 0.05) is 68.4 Å². The van der Waals surface area contributed by atoms with Gasteiger partial charge >= 0.3 is 17.9 Å². The minimum atomic E-state index is -1.29. The molecule has 20 nitrogen and oxygen atoms in total. The highest BCUT2D eigenvalue weighted by Gasteiger charge is 2.24. The summed E-state index contributed by atoms with van der Waals surface area (Å²) in [5.41, 5.74) is 5.49. The van der Waals surface area contributed by atoms with Crippen molar-refractivity contribution < 1.29 is 53.7 Å². The number of imide groups is 1. The van der Waals surface area contributed by atoms with E-state index in [0.29, 0.717) is 11.2 Å². The van der Waals surface area contributed by atoms with Crippen LogP contribution >= 0.6 is 0 Å². The van der Waals surface area contributed by atoms with Crippen molar-refractivity contribution in [2.24, 2.45) is 0 Å². The van der Waals surface area contributed by atoms with Crippen LogP contribution in [0.15, 0.2) is 41.2 Å². The zero-order valence-electron chi connectivity index (χ0n) is 27.5. The van der Waals surface area contributed by atoms with Gasteiger partial charge in [-0.25, -0.2) is 0 Å². The third-order valence-corrected chi connectivity index (χ3v) is 7.41. The van der Waals surface area contributed by atoms with E-state index in [1.807, 2.05) is 0 Å². The maximum Gasteiger partial charge on any atom is 0.317 e. The average Bonchev–Trinajstić information content (AvgIpc) is 3.35. The fourth-order valence-corrected chi connectivity index (χ4v) is 5.06. The Morgan fingerprint density at radius 2 is 1.20 bits per heavy atom. The Hall–Kier alpha value is -5.99. The number of nitrogens with zero attached hydrogens (tertiary/aromatic N) is 4. The minimum Gasteiger partial charge on any atom is -0.480 e.